The Morgan fingerprint density at radius 3 is 1.85 bits per heavy atom. The summed E-state index contributed by atoms with van der Waals surface area (Å²) in [6.07, 6.45) is -15.7. The summed E-state index contributed by atoms with van der Waals surface area (Å²) in [5, 5.41) is -4.71. The number of carbonyl (C=O) groups is 2. The lowest BCUT2D eigenvalue weighted by Crippen LogP contribution is -2.61. The van der Waals surface area contributed by atoms with Crippen LogP contribution in [0.15, 0.2) is 24.9 Å². The number of carbonyl (C=O) groups excluding carboxylic acids is 2. The van der Waals surface area contributed by atoms with Crippen LogP contribution in [0.2, 0.25) is 0 Å². The van der Waals surface area contributed by atoms with Gasteiger partial charge in [-0.2, -0.15) is 52.3 Å². The number of unbranched alkanes of at least 4 members (excludes halogenated alkanes) is 1. The Morgan fingerprint density at radius 1 is 0.971 bits per heavy atom. The van der Waals surface area contributed by atoms with Crippen LogP contribution < -0.4 is 5.32 Å². The summed E-state index contributed by atoms with van der Waals surface area (Å²) in [7, 11) is -6.58. The van der Waals surface area contributed by atoms with E-state index in [-0.39, 0.29) is 6.20 Å². The summed E-state index contributed by atoms with van der Waals surface area (Å²) in [5.74, 6) is -15.4. The van der Waals surface area contributed by atoms with Gasteiger partial charge in [-0.25, -0.2) is 4.79 Å². The van der Waals surface area contributed by atoms with Gasteiger partial charge in [-0.1, -0.05) is 13.2 Å². The fourth-order valence-corrected chi connectivity index (χ4v) is 2.38. The van der Waals surface area contributed by atoms with Gasteiger partial charge < -0.3 is 14.8 Å². The summed E-state index contributed by atoms with van der Waals surface area (Å²) in [6.45, 7) is 3.48. The summed E-state index contributed by atoms with van der Waals surface area (Å²) in [5.41, 5.74) is -2.48. The molecule has 0 aromatic carbocycles. The lowest BCUT2D eigenvalue weighted by atomic mass is 10.1. The van der Waals surface area contributed by atoms with Gasteiger partial charge in [0.05, 0.1) is 6.61 Å². The Kier molecular flexibility index (Phi) is 9.72. The van der Waals surface area contributed by atoms with Gasteiger partial charge in [0.25, 0.3) is 0 Å². The molecule has 0 aliphatic carbocycles. The predicted molar refractivity (Wildman–Crippen MR) is 89.7 cm³/mol. The number of nitrogens with one attached hydrogen (secondary N) is 1. The van der Waals surface area contributed by atoms with E-state index in [1.165, 1.54) is 5.32 Å². The first kappa shape index (κ1) is 31.6. The molecule has 19 heteroatoms. The van der Waals surface area contributed by atoms with Crippen molar-refractivity contribution in [3.8, 4) is 0 Å². The highest BCUT2D eigenvalue weighted by Crippen LogP contribution is 2.42. The molecular weight excluding hydrogens is 528 g/mol. The molecule has 0 saturated heterocycles. The molecule has 0 heterocycles. The fourth-order valence-electron chi connectivity index (χ4n) is 1.90. The van der Waals surface area contributed by atoms with Gasteiger partial charge in [0.2, 0.25) is 0 Å². The number of halogens is 10. The summed E-state index contributed by atoms with van der Waals surface area (Å²) < 4.78 is 168. The molecule has 1 unspecified atom stereocenters. The number of amides is 1. The van der Waals surface area contributed by atoms with Gasteiger partial charge in [0.15, 0.2) is 0 Å². The van der Waals surface area contributed by atoms with Crippen molar-refractivity contribution in [2.24, 2.45) is 0 Å². The number of hydrogen-bond acceptors (Lipinski definition) is 6. The van der Waals surface area contributed by atoms with Crippen LogP contribution in [0, 0.1) is 0 Å². The molecule has 0 aromatic rings. The first-order valence-electron chi connectivity index (χ1n) is 8.32. The molecule has 2 N–H and O–H groups in total. The first-order valence-corrected chi connectivity index (χ1v) is 9.76. The molecule has 0 aliphatic heterocycles. The van der Waals surface area contributed by atoms with Crippen LogP contribution >= 0.6 is 0 Å². The second-order valence-corrected chi connectivity index (χ2v) is 7.62. The third kappa shape index (κ3) is 7.05. The van der Waals surface area contributed by atoms with Gasteiger partial charge in [-0.05, 0) is 19.0 Å². The van der Waals surface area contributed by atoms with E-state index in [2.05, 4.69) is 22.6 Å². The highest BCUT2D eigenvalue weighted by atomic mass is 32.2. The molecule has 0 rings (SSSR count). The highest BCUT2D eigenvalue weighted by Gasteiger charge is 2.67. The van der Waals surface area contributed by atoms with Gasteiger partial charge in [-0.15, -0.1) is 0 Å². The molecule has 0 radical (unpaired) electrons. The van der Waals surface area contributed by atoms with E-state index in [1.807, 2.05) is 0 Å². The summed E-state index contributed by atoms with van der Waals surface area (Å²) in [4.78, 5) is 23.4. The van der Waals surface area contributed by atoms with Crippen LogP contribution in [0.5, 0.6) is 0 Å². The van der Waals surface area contributed by atoms with E-state index in [0.717, 1.165) is 0 Å². The van der Waals surface area contributed by atoms with Crippen molar-refractivity contribution in [2.45, 2.75) is 48.6 Å². The first-order chi connectivity index (χ1) is 15.0. The average Bonchev–Trinajstić information content (AvgIpc) is 2.63. The molecular formula is C15H15F10NO7S. The Balaban J connectivity index is 5.70. The second-order valence-electron chi connectivity index (χ2n) is 6.16. The maximum Gasteiger partial charge on any atom is 0.466 e. The van der Waals surface area contributed by atoms with Crippen LogP contribution in [0.4, 0.5) is 43.9 Å². The van der Waals surface area contributed by atoms with Crippen LogP contribution in [0.1, 0.15) is 19.3 Å². The number of hydrogen-bond donors (Lipinski definition) is 2. The molecule has 1 atom stereocenters. The third-order valence-corrected chi connectivity index (χ3v) is 4.62. The van der Waals surface area contributed by atoms with E-state index < -0.39 is 82.8 Å². The Bertz CT molecular complexity index is 898. The largest absolute Gasteiger partial charge is 0.466 e. The molecule has 0 saturated carbocycles. The monoisotopic (exact) mass is 543 g/mol. The minimum atomic E-state index is -6.58. The smallest absolute Gasteiger partial charge is 0.412 e. The highest BCUT2D eigenvalue weighted by molar-refractivity contribution is 7.87. The molecule has 8 nitrogen and oxygen atoms in total. The average molecular weight is 543 g/mol. The van der Waals surface area contributed by atoms with Crippen molar-refractivity contribution in [2.75, 3.05) is 6.61 Å². The lowest BCUT2D eigenvalue weighted by Gasteiger charge is -2.33. The van der Waals surface area contributed by atoms with E-state index in [9.17, 15) is 61.9 Å². The van der Waals surface area contributed by atoms with Crippen molar-refractivity contribution in [1.29, 1.82) is 0 Å². The minimum absolute atomic E-state index is 0.288. The van der Waals surface area contributed by atoms with Crippen LogP contribution in [0.3, 0.4) is 0 Å². The molecule has 0 spiro atoms. The zero-order valence-electron chi connectivity index (χ0n) is 16.4. The van der Waals surface area contributed by atoms with Crippen LogP contribution in [-0.4, -0.2) is 60.8 Å². The van der Waals surface area contributed by atoms with Gasteiger partial charge in [-0.3, -0.25) is 9.35 Å². The van der Waals surface area contributed by atoms with Gasteiger partial charge in [0.1, 0.15) is 5.57 Å². The topological polar surface area (TPSA) is 119 Å². The Hall–Kier alpha value is -2.41. The Morgan fingerprint density at radius 2 is 1.47 bits per heavy atom. The van der Waals surface area contributed by atoms with E-state index >= 15 is 0 Å². The molecule has 0 aliphatic rings. The second kappa shape index (κ2) is 10.5. The SMILES string of the molecule is C=CNC(=O)C(OCCCCC(F)(F)C(F)(F)S(=O)(=O)O)(OC(=O)C(=C)C(F)(F)F)C(F)(F)F. The number of ether oxygens (including phenoxy) is 2. The van der Waals surface area contributed by atoms with Crippen molar-refractivity contribution in [3.05, 3.63) is 24.9 Å². The summed E-state index contributed by atoms with van der Waals surface area (Å²) >= 11 is 0. The zero-order valence-corrected chi connectivity index (χ0v) is 17.2. The van der Waals surface area contributed by atoms with Gasteiger partial charge >= 0.3 is 51.3 Å². The molecule has 1 amide bonds. The zero-order chi connectivity index (χ0) is 27.4. The van der Waals surface area contributed by atoms with Crippen molar-refractivity contribution >= 4 is 22.0 Å². The standard InChI is InChI=1S/C15H15F10NO7S/c1-3-26-10(28)12(14(21,22)23,33-9(27)8(2)13(18,19)20)32-7-5-4-6-11(16,17)15(24,25)34(29,30)31/h3H,1-2,4-7H2,(H,26,28)(H,29,30,31). The predicted octanol–water partition coefficient (Wildman–Crippen LogP) is 3.47. The molecule has 0 aromatic heterocycles. The number of alkyl halides is 10. The fraction of sp³-hybridized carbons (Fsp3) is 0.600. The number of esters is 1. The molecule has 0 bridgehead atoms. The maximum absolute atomic E-state index is 13.5. The Labute approximate surface area is 184 Å². The lowest BCUT2D eigenvalue weighted by molar-refractivity contribution is -0.347. The van der Waals surface area contributed by atoms with E-state index in [1.54, 1.807) is 0 Å². The number of rotatable bonds is 12. The van der Waals surface area contributed by atoms with Gasteiger partial charge in [0, 0.05) is 6.42 Å². The quantitative estimate of drug-likeness (QED) is 0.0967. The van der Waals surface area contributed by atoms with Crippen molar-refractivity contribution < 1.29 is 75.9 Å². The molecule has 198 valence electrons. The summed E-state index contributed by atoms with van der Waals surface area (Å²) in [6, 6.07) is 0. The maximum atomic E-state index is 13.5. The van der Waals surface area contributed by atoms with Crippen LogP contribution in [-0.2, 0) is 29.2 Å². The van der Waals surface area contributed by atoms with E-state index in [4.69, 9.17) is 4.55 Å². The molecule has 34 heavy (non-hydrogen) atoms. The van der Waals surface area contributed by atoms with E-state index in [0.29, 0.717) is 0 Å². The normalized spacial score (nSPS) is 15.3. The minimum Gasteiger partial charge on any atom is -0.412 e. The van der Waals surface area contributed by atoms with Crippen molar-refractivity contribution in [1.82, 2.24) is 5.32 Å². The van der Waals surface area contributed by atoms with Crippen LogP contribution in [0.25, 0.3) is 0 Å². The molecule has 0 fully saturated rings. The van der Waals surface area contributed by atoms with Crippen molar-refractivity contribution in [3.63, 3.8) is 0 Å². The third-order valence-electron chi connectivity index (χ3n) is 3.67.